The molecular formula is C16H16F2N4O. The Balaban J connectivity index is 1.99. The van der Waals surface area contributed by atoms with Gasteiger partial charge in [0.15, 0.2) is 0 Å². The third kappa shape index (κ3) is 3.28. The van der Waals surface area contributed by atoms with Gasteiger partial charge in [-0.3, -0.25) is 4.98 Å². The molecule has 0 aliphatic carbocycles. The van der Waals surface area contributed by atoms with Gasteiger partial charge in [-0.1, -0.05) is 25.1 Å². The molecule has 23 heavy (non-hydrogen) atoms. The van der Waals surface area contributed by atoms with Crippen LogP contribution in [-0.2, 0) is 0 Å². The number of pyridine rings is 1. The first kappa shape index (κ1) is 15.3. The van der Waals surface area contributed by atoms with Gasteiger partial charge in [0.2, 0.25) is 0 Å². The van der Waals surface area contributed by atoms with Crippen LogP contribution in [0.15, 0.2) is 42.7 Å². The second-order valence-electron chi connectivity index (χ2n) is 5.54. The molecule has 0 bridgehead atoms. The quantitative estimate of drug-likeness (QED) is 0.720. The van der Waals surface area contributed by atoms with Crippen LogP contribution < -0.4 is 4.74 Å². The lowest BCUT2D eigenvalue weighted by Gasteiger charge is -2.20. The number of alkyl halides is 2. The molecule has 0 amide bonds. The summed E-state index contributed by atoms with van der Waals surface area (Å²) in [5, 5.41) is 8.66. The van der Waals surface area contributed by atoms with E-state index < -0.39 is 6.61 Å². The fraction of sp³-hybridized carbons (Fsp3) is 0.312. The molecule has 0 saturated carbocycles. The molecule has 120 valence electrons. The minimum absolute atomic E-state index is 0.0427. The maximum absolute atomic E-state index is 12.3. The van der Waals surface area contributed by atoms with Crippen molar-refractivity contribution in [2.24, 2.45) is 5.92 Å². The van der Waals surface area contributed by atoms with Crippen molar-refractivity contribution in [2.45, 2.75) is 26.5 Å². The van der Waals surface area contributed by atoms with Gasteiger partial charge in [-0.25, -0.2) is 4.68 Å². The van der Waals surface area contributed by atoms with E-state index in [1.165, 1.54) is 6.07 Å². The van der Waals surface area contributed by atoms with Crippen molar-refractivity contribution >= 4 is 10.9 Å². The fourth-order valence-corrected chi connectivity index (χ4v) is 2.61. The Kier molecular flexibility index (Phi) is 4.18. The van der Waals surface area contributed by atoms with Crippen molar-refractivity contribution in [1.29, 1.82) is 0 Å². The molecule has 0 fully saturated rings. The van der Waals surface area contributed by atoms with E-state index in [2.05, 4.69) is 33.9 Å². The molecule has 0 aliphatic rings. The smallest absolute Gasteiger partial charge is 0.387 e. The lowest BCUT2D eigenvalue weighted by Crippen LogP contribution is -2.18. The number of hydrogen-bond acceptors (Lipinski definition) is 4. The van der Waals surface area contributed by atoms with Crippen LogP contribution in [0.25, 0.3) is 10.9 Å². The summed E-state index contributed by atoms with van der Waals surface area (Å²) in [4.78, 5) is 4.64. The van der Waals surface area contributed by atoms with Crippen molar-refractivity contribution in [3.63, 3.8) is 0 Å². The molecule has 0 spiro atoms. The highest BCUT2D eigenvalue weighted by Gasteiger charge is 2.20. The van der Waals surface area contributed by atoms with Crippen LogP contribution in [0, 0.1) is 5.92 Å². The third-order valence-corrected chi connectivity index (χ3v) is 3.57. The van der Waals surface area contributed by atoms with Crippen LogP contribution in [0.1, 0.15) is 25.6 Å². The average molecular weight is 318 g/mol. The molecule has 1 unspecified atom stereocenters. The average Bonchev–Trinajstić information content (AvgIpc) is 3.00. The second kappa shape index (κ2) is 6.28. The maximum atomic E-state index is 12.3. The summed E-state index contributed by atoms with van der Waals surface area (Å²) in [6.45, 7) is 1.33. The number of benzene rings is 1. The van der Waals surface area contributed by atoms with Gasteiger partial charge < -0.3 is 4.74 Å². The third-order valence-electron chi connectivity index (χ3n) is 3.57. The van der Waals surface area contributed by atoms with E-state index in [0.717, 1.165) is 16.6 Å². The molecule has 3 aromatic rings. The van der Waals surface area contributed by atoms with E-state index in [9.17, 15) is 8.78 Å². The zero-order valence-corrected chi connectivity index (χ0v) is 12.7. The van der Waals surface area contributed by atoms with Crippen LogP contribution in [-0.4, -0.2) is 26.6 Å². The van der Waals surface area contributed by atoms with Crippen LogP contribution in [0.5, 0.6) is 5.75 Å². The molecule has 0 aliphatic heterocycles. The first-order valence-corrected chi connectivity index (χ1v) is 7.26. The first-order valence-electron chi connectivity index (χ1n) is 7.26. The van der Waals surface area contributed by atoms with Gasteiger partial charge in [-0.05, 0) is 30.2 Å². The molecule has 1 aromatic carbocycles. The molecule has 0 radical (unpaired) electrons. The van der Waals surface area contributed by atoms with Crippen molar-refractivity contribution in [2.75, 3.05) is 0 Å². The molecule has 1 atom stereocenters. The van der Waals surface area contributed by atoms with Gasteiger partial charge in [0.25, 0.3) is 0 Å². The number of hydrogen-bond donors (Lipinski definition) is 0. The number of ether oxygens (including phenoxy) is 1. The fourth-order valence-electron chi connectivity index (χ4n) is 2.61. The minimum atomic E-state index is -2.84. The predicted molar refractivity (Wildman–Crippen MR) is 81.4 cm³/mol. The molecular weight excluding hydrogens is 302 g/mol. The summed E-state index contributed by atoms with van der Waals surface area (Å²) in [5.41, 5.74) is 1.57. The summed E-state index contributed by atoms with van der Waals surface area (Å²) in [6.07, 6.45) is 3.43. The lowest BCUT2D eigenvalue weighted by atomic mass is 10.00. The van der Waals surface area contributed by atoms with Gasteiger partial charge in [-0.2, -0.15) is 8.78 Å². The maximum Gasteiger partial charge on any atom is 0.387 e. The van der Waals surface area contributed by atoms with Crippen LogP contribution in [0.3, 0.4) is 0 Å². The van der Waals surface area contributed by atoms with E-state index >= 15 is 0 Å². The normalized spacial score (nSPS) is 13.0. The Hall–Kier alpha value is -2.57. The number of halogens is 2. The first-order chi connectivity index (χ1) is 11.0. The molecule has 0 saturated heterocycles. The summed E-state index contributed by atoms with van der Waals surface area (Å²) in [6, 6.07) is 8.40. The van der Waals surface area contributed by atoms with Gasteiger partial charge in [0.05, 0.1) is 23.4 Å². The molecule has 2 aromatic heterocycles. The number of fused-ring (bicyclic) bond motifs is 1. The van der Waals surface area contributed by atoms with E-state index in [1.54, 1.807) is 29.2 Å². The molecule has 3 rings (SSSR count). The minimum Gasteiger partial charge on any atom is -0.435 e. The SMILES string of the molecule is CC(C)C(c1ccc2cc(OC(F)F)ccc2n1)n1ccnn1. The van der Waals surface area contributed by atoms with Crippen molar-refractivity contribution in [3.8, 4) is 5.75 Å². The van der Waals surface area contributed by atoms with Gasteiger partial charge >= 0.3 is 6.61 Å². The Bertz CT molecular complexity index is 790. The number of rotatable bonds is 5. The van der Waals surface area contributed by atoms with E-state index in [0.29, 0.717) is 0 Å². The highest BCUT2D eigenvalue weighted by molar-refractivity contribution is 5.80. The molecule has 0 N–H and O–H groups in total. The highest BCUT2D eigenvalue weighted by atomic mass is 19.3. The molecule has 5 nitrogen and oxygen atoms in total. The van der Waals surface area contributed by atoms with E-state index in [1.807, 2.05) is 12.1 Å². The van der Waals surface area contributed by atoms with Crippen molar-refractivity contribution < 1.29 is 13.5 Å². The summed E-state index contributed by atoms with van der Waals surface area (Å²) < 4.78 is 30.8. The molecule has 2 heterocycles. The monoisotopic (exact) mass is 318 g/mol. The van der Waals surface area contributed by atoms with Gasteiger partial charge in [-0.15, -0.1) is 5.10 Å². The summed E-state index contributed by atoms with van der Waals surface area (Å²) in [5.74, 6) is 0.391. The van der Waals surface area contributed by atoms with Gasteiger partial charge in [0, 0.05) is 11.6 Å². The van der Waals surface area contributed by atoms with Gasteiger partial charge in [0.1, 0.15) is 5.75 Å². The largest absolute Gasteiger partial charge is 0.435 e. The zero-order valence-electron chi connectivity index (χ0n) is 12.7. The Morgan fingerprint density at radius 1 is 1.13 bits per heavy atom. The van der Waals surface area contributed by atoms with Crippen LogP contribution >= 0.6 is 0 Å². The van der Waals surface area contributed by atoms with Crippen LogP contribution in [0.2, 0.25) is 0 Å². The predicted octanol–water partition coefficient (Wildman–Crippen LogP) is 3.67. The Labute approximate surface area is 131 Å². The van der Waals surface area contributed by atoms with Crippen molar-refractivity contribution in [1.82, 2.24) is 20.0 Å². The second-order valence-corrected chi connectivity index (χ2v) is 5.54. The van der Waals surface area contributed by atoms with Crippen molar-refractivity contribution in [3.05, 3.63) is 48.4 Å². The number of nitrogens with zero attached hydrogens (tertiary/aromatic N) is 4. The number of aromatic nitrogens is 4. The topological polar surface area (TPSA) is 52.8 Å². The Morgan fingerprint density at radius 2 is 1.96 bits per heavy atom. The Morgan fingerprint density at radius 3 is 2.61 bits per heavy atom. The van der Waals surface area contributed by atoms with E-state index in [4.69, 9.17) is 0 Å². The summed E-state index contributed by atoms with van der Waals surface area (Å²) >= 11 is 0. The highest BCUT2D eigenvalue weighted by Crippen LogP contribution is 2.27. The summed E-state index contributed by atoms with van der Waals surface area (Å²) in [7, 11) is 0. The zero-order chi connectivity index (χ0) is 16.4. The van der Waals surface area contributed by atoms with Crippen LogP contribution in [0.4, 0.5) is 8.78 Å². The van der Waals surface area contributed by atoms with E-state index in [-0.39, 0.29) is 17.7 Å². The standard InChI is InChI=1S/C16H16F2N4O/c1-10(2)15(22-8-7-19-21-22)14-5-3-11-9-12(23-16(17)18)4-6-13(11)20-14/h3-10,15-16H,1-2H3. The lowest BCUT2D eigenvalue weighted by molar-refractivity contribution is -0.0497. The molecule has 7 heteroatoms.